The number of nitrogens with zero attached hydrogens (tertiary/aromatic N) is 1. The van der Waals surface area contributed by atoms with Crippen LogP contribution in [0.1, 0.15) is 38.5 Å². The summed E-state index contributed by atoms with van der Waals surface area (Å²) in [6.45, 7) is 7.14. The molecule has 3 nitrogen and oxygen atoms in total. The minimum Gasteiger partial charge on any atom is -0.381 e. The van der Waals surface area contributed by atoms with Crippen LogP contribution in [-0.2, 0) is 4.74 Å². The first-order valence-electron chi connectivity index (χ1n) is 7.41. The summed E-state index contributed by atoms with van der Waals surface area (Å²) < 4.78 is 5.47. The quantitative estimate of drug-likeness (QED) is 0.751. The second-order valence-corrected chi connectivity index (χ2v) is 6.13. The molecule has 0 aromatic heterocycles. The number of likely N-dealkylation sites (tertiary alicyclic amines) is 1. The topological polar surface area (TPSA) is 24.5 Å². The SMILES string of the molecule is C1CC2(CCN1)CCN(C1CCOCC1)CC2. The van der Waals surface area contributed by atoms with Gasteiger partial charge in [0, 0.05) is 19.3 Å². The Morgan fingerprint density at radius 2 is 1.59 bits per heavy atom. The average Bonchev–Trinajstić information content (AvgIpc) is 2.42. The fourth-order valence-electron chi connectivity index (χ4n) is 3.87. The first-order chi connectivity index (χ1) is 8.38. The van der Waals surface area contributed by atoms with Crippen molar-refractivity contribution in [3.05, 3.63) is 0 Å². The average molecular weight is 238 g/mol. The van der Waals surface area contributed by atoms with Crippen molar-refractivity contribution < 1.29 is 4.74 Å². The van der Waals surface area contributed by atoms with E-state index in [1.807, 2.05) is 0 Å². The van der Waals surface area contributed by atoms with E-state index < -0.39 is 0 Å². The lowest BCUT2D eigenvalue weighted by Crippen LogP contribution is -2.49. The molecule has 17 heavy (non-hydrogen) atoms. The maximum Gasteiger partial charge on any atom is 0.0480 e. The number of hydrogen-bond donors (Lipinski definition) is 1. The summed E-state index contributed by atoms with van der Waals surface area (Å²) in [7, 11) is 0. The molecule has 3 rings (SSSR count). The second kappa shape index (κ2) is 5.25. The molecule has 0 aromatic rings. The van der Waals surface area contributed by atoms with Gasteiger partial charge in [-0.15, -0.1) is 0 Å². The van der Waals surface area contributed by atoms with Crippen LogP contribution in [0.15, 0.2) is 0 Å². The summed E-state index contributed by atoms with van der Waals surface area (Å²) in [4.78, 5) is 2.75. The lowest BCUT2D eigenvalue weighted by atomic mass is 9.71. The number of ether oxygens (including phenoxy) is 1. The Bertz CT molecular complexity index is 235. The molecule has 0 bridgehead atoms. The lowest BCUT2D eigenvalue weighted by Gasteiger charge is -2.47. The molecule has 0 unspecified atom stereocenters. The molecule has 1 N–H and O–H groups in total. The number of piperidine rings is 2. The zero-order valence-electron chi connectivity index (χ0n) is 10.9. The Labute approximate surface area is 105 Å². The summed E-state index contributed by atoms with van der Waals surface area (Å²) in [5.74, 6) is 0. The van der Waals surface area contributed by atoms with E-state index in [1.54, 1.807) is 0 Å². The Kier molecular flexibility index (Phi) is 3.69. The predicted octanol–water partition coefficient (Wildman–Crippen LogP) is 1.63. The Hall–Kier alpha value is -0.120. The molecule has 98 valence electrons. The lowest BCUT2D eigenvalue weighted by molar-refractivity contribution is -0.00171. The van der Waals surface area contributed by atoms with E-state index in [-0.39, 0.29) is 0 Å². The Morgan fingerprint density at radius 3 is 2.24 bits per heavy atom. The van der Waals surface area contributed by atoms with Crippen molar-refractivity contribution >= 4 is 0 Å². The van der Waals surface area contributed by atoms with Crippen LogP contribution in [0.5, 0.6) is 0 Å². The highest BCUT2D eigenvalue weighted by molar-refractivity contribution is 4.91. The van der Waals surface area contributed by atoms with E-state index >= 15 is 0 Å². The summed E-state index contributed by atoms with van der Waals surface area (Å²) in [5.41, 5.74) is 0.701. The molecule has 0 radical (unpaired) electrons. The molecule has 0 aliphatic carbocycles. The normalized spacial score (nSPS) is 31.8. The van der Waals surface area contributed by atoms with E-state index in [2.05, 4.69) is 10.2 Å². The molecular formula is C14H26N2O. The Morgan fingerprint density at radius 1 is 0.941 bits per heavy atom. The fourth-order valence-corrected chi connectivity index (χ4v) is 3.87. The van der Waals surface area contributed by atoms with Crippen LogP contribution in [-0.4, -0.2) is 50.3 Å². The molecule has 3 aliphatic rings. The van der Waals surface area contributed by atoms with Gasteiger partial charge in [0.15, 0.2) is 0 Å². The van der Waals surface area contributed by atoms with Gasteiger partial charge >= 0.3 is 0 Å². The molecule has 3 fully saturated rings. The maximum absolute atomic E-state index is 5.47. The van der Waals surface area contributed by atoms with Crippen molar-refractivity contribution in [3.63, 3.8) is 0 Å². The highest BCUT2D eigenvalue weighted by Gasteiger charge is 2.37. The molecule has 0 saturated carbocycles. The van der Waals surface area contributed by atoms with Gasteiger partial charge in [0.05, 0.1) is 0 Å². The van der Waals surface area contributed by atoms with Crippen molar-refractivity contribution in [2.24, 2.45) is 5.41 Å². The molecule has 0 atom stereocenters. The van der Waals surface area contributed by atoms with Crippen LogP contribution in [0.25, 0.3) is 0 Å². The van der Waals surface area contributed by atoms with E-state index in [0.29, 0.717) is 5.41 Å². The van der Waals surface area contributed by atoms with E-state index in [0.717, 1.165) is 19.3 Å². The van der Waals surface area contributed by atoms with Crippen LogP contribution >= 0.6 is 0 Å². The number of rotatable bonds is 1. The largest absolute Gasteiger partial charge is 0.381 e. The third-order valence-corrected chi connectivity index (χ3v) is 5.23. The van der Waals surface area contributed by atoms with Crippen LogP contribution < -0.4 is 5.32 Å². The standard InChI is InChI=1S/C14H26N2O/c1-11-17-12-2-13(1)16-9-5-14(6-10-16)3-7-15-8-4-14/h13,15H,1-12H2. The molecule has 1 spiro atoms. The third-order valence-electron chi connectivity index (χ3n) is 5.23. The molecule has 3 heterocycles. The van der Waals surface area contributed by atoms with Gasteiger partial charge in [-0.2, -0.15) is 0 Å². The Balaban J connectivity index is 1.52. The number of nitrogens with one attached hydrogen (secondary N) is 1. The molecule has 0 amide bonds. The monoisotopic (exact) mass is 238 g/mol. The predicted molar refractivity (Wildman–Crippen MR) is 69.2 cm³/mol. The molecule has 0 aromatic carbocycles. The summed E-state index contributed by atoms with van der Waals surface area (Å²) in [6, 6.07) is 0.822. The highest BCUT2D eigenvalue weighted by Crippen LogP contribution is 2.40. The molecule has 3 heteroatoms. The first-order valence-corrected chi connectivity index (χ1v) is 7.41. The van der Waals surface area contributed by atoms with Crippen LogP contribution in [0, 0.1) is 5.41 Å². The zero-order valence-corrected chi connectivity index (χ0v) is 10.9. The minimum absolute atomic E-state index is 0.701. The third kappa shape index (κ3) is 2.67. The van der Waals surface area contributed by atoms with E-state index in [4.69, 9.17) is 4.74 Å². The fraction of sp³-hybridized carbons (Fsp3) is 1.00. The second-order valence-electron chi connectivity index (χ2n) is 6.13. The first kappa shape index (κ1) is 11.9. The van der Waals surface area contributed by atoms with E-state index in [1.165, 1.54) is 64.7 Å². The maximum atomic E-state index is 5.47. The van der Waals surface area contributed by atoms with Crippen molar-refractivity contribution in [1.29, 1.82) is 0 Å². The van der Waals surface area contributed by atoms with Crippen molar-refractivity contribution in [2.75, 3.05) is 39.4 Å². The van der Waals surface area contributed by atoms with Gasteiger partial charge in [-0.25, -0.2) is 0 Å². The van der Waals surface area contributed by atoms with Gasteiger partial charge in [-0.05, 0) is 70.1 Å². The van der Waals surface area contributed by atoms with Crippen LogP contribution in [0.4, 0.5) is 0 Å². The van der Waals surface area contributed by atoms with Gasteiger partial charge in [0.1, 0.15) is 0 Å². The number of hydrogen-bond acceptors (Lipinski definition) is 3. The van der Waals surface area contributed by atoms with Gasteiger partial charge in [0.2, 0.25) is 0 Å². The van der Waals surface area contributed by atoms with Crippen molar-refractivity contribution in [3.8, 4) is 0 Å². The van der Waals surface area contributed by atoms with E-state index in [9.17, 15) is 0 Å². The van der Waals surface area contributed by atoms with Gasteiger partial charge in [-0.3, -0.25) is 0 Å². The van der Waals surface area contributed by atoms with Crippen LogP contribution in [0.3, 0.4) is 0 Å². The smallest absolute Gasteiger partial charge is 0.0480 e. The highest BCUT2D eigenvalue weighted by atomic mass is 16.5. The summed E-state index contributed by atoms with van der Waals surface area (Å²) in [5, 5.41) is 3.50. The van der Waals surface area contributed by atoms with Gasteiger partial charge in [0.25, 0.3) is 0 Å². The van der Waals surface area contributed by atoms with Gasteiger partial charge in [-0.1, -0.05) is 0 Å². The van der Waals surface area contributed by atoms with Crippen LogP contribution in [0.2, 0.25) is 0 Å². The summed E-state index contributed by atoms with van der Waals surface area (Å²) >= 11 is 0. The minimum atomic E-state index is 0.701. The van der Waals surface area contributed by atoms with Crippen molar-refractivity contribution in [2.45, 2.75) is 44.6 Å². The van der Waals surface area contributed by atoms with Gasteiger partial charge < -0.3 is 15.0 Å². The van der Waals surface area contributed by atoms with Crippen molar-refractivity contribution in [1.82, 2.24) is 10.2 Å². The molecular weight excluding hydrogens is 212 g/mol. The zero-order chi connectivity index (χ0) is 11.6. The molecule has 3 saturated heterocycles. The molecule has 3 aliphatic heterocycles. The summed E-state index contributed by atoms with van der Waals surface area (Å²) in [6.07, 6.45) is 8.21.